The third-order valence-corrected chi connectivity index (χ3v) is 4.07. The third-order valence-electron chi connectivity index (χ3n) is 3.31. The molecule has 1 heterocycles. The van der Waals surface area contributed by atoms with E-state index < -0.39 is 18.3 Å². The second-order valence-electron chi connectivity index (χ2n) is 5.20. The Bertz CT molecular complexity index is 916. The predicted molar refractivity (Wildman–Crippen MR) is 94.7 cm³/mol. The molecule has 0 saturated heterocycles. The summed E-state index contributed by atoms with van der Waals surface area (Å²) in [5, 5.41) is 4.45. The fourth-order valence-electron chi connectivity index (χ4n) is 2.17. The van der Waals surface area contributed by atoms with Crippen molar-refractivity contribution in [2.75, 3.05) is 11.9 Å². The molecule has 0 atom stereocenters. The molecule has 140 valence electrons. The second-order valence-corrected chi connectivity index (χ2v) is 6.06. The molecule has 2 aromatic carbocycles. The molecule has 0 aliphatic heterocycles. The summed E-state index contributed by atoms with van der Waals surface area (Å²) in [5.74, 6) is -0.518. The van der Waals surface area contributed by atoms with Gasteiger partial charge in [-0.25, -0.2) is 9.37 Å². The monoisotopic (exact) mass is 394 g/mol. The van der Waals surface area contributed by atoms with Crippen LogP contribution in [0.2, 0.25) is 0 Å². The van der Waals surface area contributed by atoms with Crippen LogP contribution in [0.3, 0.4) is 0 Å². The van der Waals surface area contributed by atoms with Crippen molar-refractivity contribution in [2.45, 2.75) is 6.61 Å². The smallest absolute Gasteiger partial charge is 0.387 e. The minimum atomic E-state index is -2.95. The fraction of sp³-hybridized carbons (Fsp3) is 0.111. The first-order valence-corrected chi connectivity index (χ1v) is 8.57. The second kappa shape index (κ2) is 8.54. The number of hydrogen-bond acceptors (Lipinski definition) is 5. The van der Waals surface area contributed by atoms with Gasteiger partial charge in [-0.2, -0.15) is 8.78 Å². The van der Waals surface area contributed by atoms with E-state index in [4.69, 9.17) is 4.74 Å². The molecule has 0 radical (unpaired) electrons. The molecule has 0 unspecified atom stereocenters. The predicted octanol–water partition coefficient (Wildman–Crippen LogP) is 4.57. The van der Waals surface area contributed by atoms with Crippen LogP contribution in [0.25, 0.3) is 11.3 Å². The van der Waals surface area contributed by atoms with Crippen molar-refractivity contribution in [2.24, 2.45) is 0 Å². The fourth-order valence-corrected chi connectivity index (χ4v) is 2.89. The number of para-hydroxylation sites is 1. The van der Waals surface area contributed by atoms with Crippen LogP contribution in [0.15, 0.2) is 53.9 Å². The van der Waals surface area contributed by atoms with Crippen molar-refractivity contribution in [3.63, 3.8) is 0 Å². The maximum atomic E-state index is 12.8. The zero-order valence-electron chi connectivity index (χ0n) is 13.7. The van der Waals surface area contributed by atoms with Crippen LogP contribution in [0.4, 0.5) is 18.3 Å². The lowest BCUT2D eigenvalue weighted by molar-refractivity contribution is -0.118. The van der Waals surface area contributed by atoms with Crippen LogP contribution < -0.4 is 14.8 Å². The number of rotatable bonds is 7. The molecule has 0 saturated carbocycles. The summed E-state index contributed by atoms with van der Waals surface area (Å²) >= 11 is 1.13. The van der Waals surface area contributed by atoms with Gasteiger partial charge in [-0.1, -0.05) is 12.1 Å². The third kappa shape index (κ3) is 5.20. The summed E-state index contributed by atoms with van der Waals surface area (Å²) in [6.07, 6.45) is 0. The minimum Gasteiger partial charge on any atom is -0.484 e. The number of thiazole rings is 1. The molecule has 9 heteroatoms. The summed E-state index contributed by atoms with van der Waals surface area (Å²) in [6, 6.07) is 11.5. The normalized spacial score (nSPS) is 10.7. The Morgan fingerprint density at radius 3 is 2.63 bits per heavy atom. The number of ether oxygens (including phenoxy) is 2. The summed E-state index contributed by atoms with van der Waals surface area (Å²) in [4.78, 5) is 16.2. The first kappa shape index (κ1) is 18.7. The van der Waals surface area contributed by atoms with Gasteiger partial charge in [0.2, 0.25) is 0 Å². The van der Waals surface area contributed by atoms with Gasteiger partial charge in [-0.15, -0.1) is 11.3 Å². The van der Waals surface area contributed by atoms with E-state index in [1.54, 1.807) is 23.6 Å². The van der Waals surface area contributed by atoms with Crippen molar-refractivity contribution in [3.8, 4) is 22.8 Å². The summed E-state index contributed by atoms with van der Waals surface area (Å²) in [5.41, 5.74) is 0.781. The average molecular weight is 394 g/mol. The quantitative estimate of drug-likeness (QED) is 0.638. The van der Waals surface area contributed by atoms with Crippen LogP contribution in [0.5, 0.6) is 11.5 Å². The molecule has 0 fully saturated rings. The Balaban J connectivity index is 1.62. The number of benzene rings is 2. The van der Waals surface area contributed by atoms with Gasteiger partial charge in [-0.05, 0) is 36.4 Å². The molecule has 0 bridgehead atoms. The molecular weight excluding hydrogens is 381 g/mol. The van der Waals surface area contributed by atoms with Crippen LogP contribution in [0.1, 0.15) is 0 Å². The van der Waals surface area contributed by atoms with E-state index in [9.17, 15) is 18.0 Å². The highest BCUT2D eigenvalue weighted by Crippen LogP contribution is 2.32. The number of anilines is 1. The SMILES string of the molecule is O=C(COc1ccc(F)cc1)Nc1nc(-c2ccccc2OC(F)F)cs1. The van der Waals surface area contributed by atoms with E-state index in [0.717, 1.165) is 11.3 Å². The number of aromatic nitrogens is 1. The van der Waals surface area contributed by atoms with Crippen molar-refractivity contribution in [1.29, 1.82) is 0 Å². The Labute approximate surface area is 156 Å². The molecule has 1 amide bonds. The number of halogens is 3. The van der Waals surface area contributed by atoms with Crippen LogP contribution >= 0.6 is 11.3 Å². The lowest BCUT2D eigenvalue weighted by Crippen LogP contribution is -2.20. The molecule has 0 spiro atoms. The van der Waals surface area contributed by atoms with Gasteiger partial charge >= 0.3 is 6.61 Å². The largest absolute Gasteiger partial charge is 0.484 e. The number of nitrogens with zero attached hydrogens (tertiary/aromatic N) is 1. The molecule has 5 nitrogen and oxygen atoms in total. The molecule has 27 heavy (non-hydrogen) atoms. The standard InChI is InChI=1S/C18H13F3N2O3S/c19-11-5-7-12(8-6-11)25-9-16(24)23-18-22-14(10-27-18)13-3-1-2-4-15(13)26-17(20)21/h1-8,10,17H,9H2,(H,22,23,24). The number of carbonyl (C=O) groups is 1. The van der Waals surface area contributed by atoms with E-state index in [1.807, 2.05) is 0 Å². The number of alkyl halides is 2. The van der Waals surface area contributed by atoms with Gasteiger partial charge in [0.1, 0.15) is 17.3 Å². The van der Waals surface area contributed by atoms with E-state index in [0.29, 0.717) is 17.0 Å². The first-order chi connectivity index (χ1) is 13.0. The highest BCUT2D eigenvalue weighted by molar-refractivity contribution is 7.14. The maximum absolute atomic E-state index is 12.8. The van der Waals surface area contributed by atoms with Gasteiger partial charge in [-0.3, -0.25) is 10.1 Å². The van der Waals surface area contributed by atoms with Crippen LogP contribution in [0, 0.1) is 5.82 Å². The number of amides is 1. The highest BCUT2D eigenvalue weighted by Gasteiger charge is 2.14. The van der Waals surface area contributed by atoms with Crippen LogP contribution in [-0.4, -0.2) is 24.1 Å². The summed E-state index contributed by atoms with van der Waals surface area (Å²) in [7, 11) is 0. The summed E-state index contributed by atoms with van der Waals surface area (Å²) < 4.78 is 47.6. The molecule has 3 rings (SSSR count). The van der Waals surface area contributed by atoms with Crippen molar-refractivity contribution >= 4 is 22.4 Å². The molecular formula is C18H13F3N2O3S. The molecule has 3 aromatic rings. The van der Waals surface area contributed by atoms with Crippen molar-refractivity contribution < 1.29 is 27.4 Å². The van der Waals surface area contributed by atoms with Gasteiger partial charge in [0.25, 0.3) is 5.91 Å². The van der Waals surface area contributed by atoms with E-state index >= 15 is 0 Å². The Morgan fingerprint density at radius 1 is 1.15 bits per heavy atom. The Hall–Kier alpha value is -3.07. The van der Waals surface area contributed by atoms with Gasteiger partial charge in [0.15, 0.2) is 11.7 Å². The van der Waals surface area contributed by atoms with E-state index in [2.05, 4.69) is 15.0 Å². The lowest BCUT2D eigenvalue weighted by atomic mass is 10.1. The molecule has 1 aromatic heterocycles. The molecule has 1 N–H and O–H groups in total. The van der Waals surface area contributed by atoms with Crippen LogP contribution in [-0.2, 0) is 4.79 Å². The zero-order valence-corrected chi connectivity index (χ0v) is 14.5. The topological polar surface area (TPSA) is 60.5 Å². The molecule has 0 aliphatic carbocycles. The van der Waals surface area contributed by atoms with Gasteiger partial charge < -0.3 is 9.47 Å². The van der Waals surface area contributed by atoms with E-state index in [-0.39, 0.29) is 17.5 Å². The minimum absolute atomic E-state index is 0.00433. The number of carbonyl (C=O) groups excluding carboxylic acids is 1. The van der Waals surface area contributed by atoms with Crippen molar-refractivity contribution in [1.82, 2.24) is 4.98 Å². The number of nitrogens with one attached hydrogen (secondary N) is 1. The van der Waals surface area contributed by atoms with Gasteiger partial charge in [0.05, 0.1) is 5.69 Å². The van der Waals surface area contributed by atoms with Crippen molar-refractivity contribution in [3.05, 3.63) is 59.7 Å². The van der Waals surface area contributed by atoms with Gasteiger partial charge in [0, 0.05) is 10.9 Å². The Kier molecular flexibility index (Phi) is 5.92. The lowest BCUT2D eigenvalue weighted by Gasteiger charge is -2.08. The molecule has 0 aliphatic rings. The average Bonchev–Trinajstić information content (AvgIpc) is 3.09. The van der Waals surface area contributed by atoms with E-state index in [1.165, 1.54) is 30.3 Å². The number of hydrogen-bond donors (Lipinski definition) is 1. The first-order valence-electron chi connectivity index (χ1n) is 7.69. The highest BCUT2D eigenvalue weighted by atomic mass is 32.1. The maximum Gasteiger partial charge on any atom is 0.387 e. The summed E-state index contributed by atoms with van der Waals surface area (Å²) in [6.45, 7) is -3.24. The Morgan fingerprint density at radius 2 is 1.89 bits per heavy atom. The zero-order chi connectivity index (χ0) is 19.2.